The van der Waals surface area contributed by atoms with E-state index in [9.17, 15) is 0 Å². The van der Waals surface area contributed by atoms with Gasteiger partial charge in [0.15, 0.2) is 0 Å². The minimum absolute atomic E-state index is 0.416. The zero-order valence-electron chi connectivity index (χ0n) is 12.6. The lowest BCUT2D eigenvalue weighted by Crippen LogP contribution is -2.20. The molecule has 0 spiro atoms. The smallest absolute Gasteiger partial charge is 0.136 e. The van der Waals surface area contributed by atoms with Crippen molar-refractivity contribution in [2.24, 2.45) is 0 Å². The molecule has 1 aliphatic heterocycles. The topological polar surface area (TPSA) is 28.2 Å². The van der Waals surface area contributed by atoms with Gasteiger partial charge in [-0.2, -0.15) is 0 Å². The third-order valence-electron chi connectivity index (χ3n) is 3.87. The van der Waals surface area contributed by atoms with Crippen LogP contribution in [0.15, 0.2) is 24.4 Å². The van der Waals surface area contributed by atoms with Gasteiger partial charge in [0.1, 0.15) is 5.82 Å². The maximum Gasteiger partial charge on any atom is 0.136 e. The number of fused-ring (bicyclic) bond motifs is 1. The van der Waals surface area contributed by atoms with Crippen LogP contribution in [0.1, 0.15) is 32.3 Å². The van der Waals surface area contributed by atoms with Crippen LogP contribution in [0.4, 0.5) is 11.5 Å². The van der Waals surface area contributed by atoms with Gasteiger partial charge >= 0.3 is 0 Å². The second-order valence-electron chi connectivity index (χ2n) is 6.04. The molecule has 0 amide bonds. The molecule has 20 heavy (non-hydrogen) atoms. The van der Waals surface area contributed by atoms with Crippen molar-refractivity contribution in [1.82, 2.24) is 4.98 Å². The maximum atomic E-state index is 4.75. The van der Waals surface area contributed by atoms with Crippen LogP contribution in [0.2, 0.25) is 0 Å². The van der Waals surface area contributed by atoms with Crippen molar-refractivity contribution in [3.05, 3.63) is 30.0 Å². The Morgan fingerprint density at radius 2 is 1.90 bits per heavy atom. The second-order valence-corrected chi connectivity index (χ2v) is 6.04. The monoisotopic (exact) mass is 269 g/mol. The maximum absolute atomic E-state index is 4.75. The van der Waals surface area contributed by atoms with E-state index in [0.717, 1.165) is 24.6 Å². The Morgan fingerprint density at radius 1 is 1.15 bits per heavy atom. The quantitative estimate of drug-likeness (QED) is 0.914. The van der Waals surface area contributed by atoms with Crippen molar-refractivity contribution in [3.8, 4) is 0 Å². The van der Waals surface area contributed by atoms with Crippen LogP contribution in [0.25, 0.3) is 10.8 Å². The lowest BCUT2D eigenvalue weighted by molar-refractivity contribution is 0.898. The van der Waals surface area contributed by atoms with E-state index < -0.39 is 0 Å². The summed E-state index contributed by atoms with van der Waals surface area (Å²) in [7, 11) is 0. The molecular formula is C17H23N3. The van der Waals surface area contributed by atoms with E-state index in [0.29, 0.717) is 6.04 Å². The van der Waals surface area contributed by atoms with Crippen LogP contribution < -0.4 is 10.2 Å². The number of anilines is 2. The number of aromatic nitrogens is 1. The van der Waals surface area contributed by atoms with Gasteiger partial charge in [-0.15, -0.1) is 0 Å². The standard InChI is InChI=1S/C17H23N3/c1-12(2)19-16-11-18-17(20-8-4-5-9-20)15-10-13(3)6-7-14(15)16/h6-7,10-12,19H,4-5,8-9H2,1-3H3. The Balaban J connectivity index is 2.14. The van der Waals surface area contributed by atoms with Crippen molar-refractivity contribution in [3.63, 3.8) is 0 Å². The summed E-state index contributed by atoms with van der Waals surface area (Å²) in [4.78, 5) is 7.16. The number of hydrogen-bond donors (Lipinski definition) is 1. The molecular weight excluding hydrogens is 246 g/mol. The molecule has 1 aromatic carbocycles. The fourth-order valence-electron chi connectivity index (χ4n) is 2.95. The molecule has 3 rings (SSSR count). The van der Waals surface area contributed by atoms with E-state index in [1.54, 1.807) is 0 Å². The highest BCUT2D eigenvalue weighted by molar-refractivity contribution is 6.00. The molecule has 0 radical (unpaired) electrons. The first-order valence-electron chi connectivity index (χ1n) is 7.56. The molecule has 1 fully saturated rings. The normalized spacial score (nSPS) is 15.3. The van der Waals surface area contributed by atoms with Gasteiger partial charge in [-0.25, -0.2) is 4.98 Å². The molecule has 0 atom stereocenters. The third kappa shape index (κ3) is 2.45. The van der Waals surface area contributed by atoms with E-state index in [2.05, 4.69) is 49.2 Å². The molecule has 1 aromatic heterocycles. The zero-order valence-corrected chi connectivity index (χ0v) is 12.6. The van der Waals surface area contributed by atoms with Crippen molar-refractivity contribution >= 4 is 22.3 Å². The number of benzene rings is 1. The van der Waals surface area contributed by atoms with E-state index >= 15 is 0 Å². The Bertz CT molecular complexity index is 613. The fraction of sp³-hybridized carbons (Fsp3) is 0.471. The Hall–Kier alpha value is -1.77. The molecule has 3 nitrogen and oxygen atoms in total. The van der Waals surface area contributed by atoms with Crippen molar-refractivity contribution in [1.29, 1.82) is 0 Å². The summed E-state index contributed by atoms with van der Waals surface area (Å²) in [6.07, 6.45) is 4.55. The van der Waals surface area contributed by atoms with Crippen LogP contribution in [-0.4, -0.2) is 24.1 Å². The van der Waals surface area contributed by atoms with Gasteiger partial charge in [-0.1, -0.05) is 17.7 Å². The summed E-state index contributed by atoms with van der Waals surface area (Å²) in [5.41, 5.74) is 2.43. The molecule has 3 heteroatoms. The number of hydrogen-bond acceptors (Lipinski definition) is 3. The molecule has 1 N–H and O–H groups in total. The molecule has 0 saturated carbocycles. The van der Waals surface area contributed by atoms with E-state index in [-0.39, 0.29) is 0 Å². The van der Waals surface area contributed by atoms with Crippen LogP contribution >= 0.6 is 0 Å². The average Bonchev–Trinajstić information content (AvgIpc) is 2.92. The number of aryl methyl sites for hydroxylation is 1. The van der Waals surface area contributed by atoms with Crippen LogP contribution in [0.5, 0.6) is 0 Å². The predicted octanol–water partition coefficient (Wildman–Crippen LogP) is 3.96. The van der Waals surface area contributed by atoms with Gasteiger partial charge in [-0.05, 0) is 39.7 Å². The number of nitrogens with one attached hydrogen (secondary N) is 1. The Labute approximate surface area is 121 Å². The third-order valence-corrected chi connectivity index (χ3v) is 3.87. The summed E-state index contributed by atoms with van der Waals surface area (Å²) in [5, 5.41) is 6.06. The second kappa shape index (κ2) is 5.31. The predicted molar refractivity (Wildman–Crippen MR) is 86.7 cm³/mol. The molecule has 0 unspecified atom stereocenters. The lowest BCUT2D eigenvalue weighted by Gasteiger charge is -2.21. The summed E-state index contributed by atoms with van der Waals surface area (Å²) in [5.74, 6) is 1.15. The number of nitrogens with zero attached hydrogens (tertiary/aromatic N) is 2. The van der Waals surface area contributed by atoms with Crippen LogP contribution in [-0.2, 0) is 0 Å². The van der Waals surface area contributed by atoms with E-state index in [1.165, 1.54) is 29.2 Å². The van der Waals surface area contributed by atoms with Crippen molar-refractivity contribution in [2.45, 2.75) is 39.7 Å². The fourth-order valence-corrected chi connectivity index (χ4v) is 2.95. The summed E-state index contributed by atoms with van der Waals surface area (Å²) >= 11 is 0. The molecule has 2 heterocycles. The molecule has 2 aromatic rings. The van der Waals surface area contributed by atoms with Gasteiger partial charge in [0.25, 0.3) is 0 Å². The first-order valence-corrected chi connectivity index (χ1v) is 7.56. The minimum atomic E-state index is 0.416. The largest absolute Gasteiger partial charge is 0.381 e. The Morgan fingerprint density at radius 3 is 2.60 bits per heavy atom. The van der Waals surface area contributed by atoms with Crippen LogP contribution in [0.3, 0.4) is 0 Å². The molecule has 1 aliphatic rings. The summed E-state index contributed by atoms with van der Waals surface area (Å²) in [6.45, 7) is 8.73. The molecule has 106 valence electrons. The van der Waals surface area contributed by atoms with Crippen molar-refractivity contribution in [2.75, 3.05) is 23.3 Å². The first-order chi connectivity index (χ1) is 9.65. The van der Waals surface area contributed by atoms with Gasteiger partial charge in [0, 0.05) is 29.9 Å². The highest BCUT2D eigenvalue weighted by atomic mass is 15.2. The van der Waals surface area contributed by atoms with Gasteiger partial charge in [-0.3, -0.25) is 0 Å². The molecule has 0 aliphatic carbocycles. The molecule has 0 bridgehead atoms. The SMILES string of the molecule is Cc1ccc2c(NC(C)C)cnc(N3CCCC3)c2c1. The molecule has 1 saturated heterocycles. The highest BCUT2D eigenvalue weighted by Gasteiger charge is 2.17. The Kier molecular flexibility index (Phi) is 3.51. The summed E-state index contributed by atoms with van der Waals surface area (Å²) < 4.78 is 0. The number of pyridine rings is 1. The lowest BCUT2D eigenvalue weighted by atomic mass is 10.1. The van der Waals surface area contributed by atoms with Crippen LogP contribution in [0, 0.1) is 6.92 Å². The van der Waals surface area contributed by atoms with Gasteiger partial charge in [0.05, 0.1) is 11.9 Å². The van der Waals surface area contributed by atoms with E-state index in [4.69, 9.17) is 4.98 Å². The van der Waals surface area contributed by atoms with Gasteiger partial charge in [0.2, 0.25) is 0 Å². The first kappa shape index (κ1) is 13.2. The van der Waals surface area contributed by atoms with Gasteiger partial charge < -0.3 is 10.2 Å². The number of rotatable bonds is 3. The summed E-state index contributed by atoms with van der Waals surface area (Å²) in [6, 6.07) is 7.08. The minimum Gasteiger partial charge on any atom is -0.381 e. The van der Waals surface area contributed by atoms with Crippen molar-refractivity contribution < 1.29 is 0 Å². The highest BCUT2D eigenvalue weighted by Crippen LogP contribution is 2.32. The zero-order chi connectivity index (χ0) is 14.1. The average molecular weight is 269 g/mol. The van der Waals surface area contributed by atoms with E-state index in [1.807, 2.05) is 6.20 Å².